The Balaban J connectivity index is 1.74. The zero-order valence-corrected chi connectivity index (χ0v) is 15.1. The van der Waals surface area contributed by atoms with Crippen LogP contribution in [0, 0.1) is 0 Å². The number of aromatic nitrogens is 1. The molecule has 0 radical (unpaired) electrons. The highest BCUT2D eigenvalue weighted by Crippen LogP contribution is 2.33. The SMILES string of the molecule is CCOc1cc(C(=O)NC2(C(=O)O)CCC2)ccc1OCc1cccnc1. The first-order valence-corrected chi connectivity index (χ1v) is 8.88. The molecule has 7 nitrogen and oxygen atoms in total. The molecule has 0 atom stereocenters. The molecule has 1 saturated carbocycles. The van der Waals surface area contributed by atoms with E-state index in [1.165, 1.54) is 0 Å². The van der Waals surface area contributed by atoms with Crippen LogP contribution in [0.4, 0.5) is 0 Å². The van der Waals surface area contributed by atoms with Crippen molar-refractivity contribution < 1.29 is 24.2 Å². The number of hydrogen-bond acceptors (Lipinski definition) is 5. The van der Waals surface area contributed by atoms with Gasteiger partial charge in [-0.2, -0.15) is 0 Å². The summed E-state index contributed by atoms with van der Waals surface area (Å²) in [5.41, 5.74) is 0.0908. The van der Waals surface area contributed by atoms with E-state index >= 15 is 0 Å². The molecule has 1 aliphatic rings. The number of carboxylic acid groups (broad SMARTS) is 1. The Morgan fingerprint density at radius 1 is 1.22 bits per heavy atom. The Morgan fingerprint density at radius 2 is 2.04 bits per heavy atom. The number of benzene rings is 1. The molecule has 1 amide bonds. The van der Waals surface area contributed by atoms with E-state index in [0.29, 0.717) is 43.1 Å². The minimum atomic E-state index is -1.15. The van der Waals surface area contributed by atoms with Gasteiger partial charge in [-0.1, -0.05) is 6.07 Å². The second kappa shape index (κ2) is 8.07. The van der Waals surface area contributed by atoms with Crippen LogP contribution in [0.25, 0.3) is 0 Å². The number of rotatable bonds is 8. The fourth-order valence-electron chi connectivity index (χ4n) is 2.89. The van der Waals surface area contributed by atoms with Gasteiger partial charge in [0.25, 0.3) is 5.91 Å². The van der Waals surface area contributed by atoms with E-state index in [-0.39, 0.29) is 0 Å². The van der Waals surface area contributed by atoms with Crippen molar-refractivity contribution >= 4 is 11.9 Å². The van der Waals surface area contributed by atoms with Crippen LogP contribution in [0.5, 0.6) is 11.5 Å². The van der Waals surface area contributed by atoms with Crippen LogP contribution in [0.3, 0.4) is 0 Å². The number of nitrogens with one attached hydrogen (secondary N) is 1. The molecule has 3 rings (SSSR count). The Labute approximate surface area is 157 Å². The first-order valence-electron chi connectivity index (χ1n) is 8.88. The molecule has 1 aromatic heterocycles. The smallest absolute Gasteiger partial charge is 0.329 e. The van der Waals surface area contributed by atoms with Gasteiger partial charge < -0.3 is 19.9 Å². The number of amides is 1. The van der Waals surface area contributed by atoms with Crippen molar-refractivity contribution in [1.82, 2.24) is 10.3 Å². The van der Waals surface area contributed by atoms with E-state index in [9.17, 15) is 14.7 Å². The van der Waals surface area contributed by atoms with Gasteiger partial charge in [-0.15, -0.1) is 0 Å². The maximum absolute atomic E-state index is 12.5. The molecule has 1 fully saturated rings. The number of carbonyl (C=O) groups excluding carboxylic acids is 1. The Kier molecular flexibility index (Phi) is 5.59. The molecule has 0 unspecified atom stereocenters. The highest BCUT2D eigenvalue weighted by atomic mass is 16.5. The number of carbonyl (C=O) groups is 2. The molecule has 142 valence electrons. The lowest BCUT2D eigenvalue weighted by Gasteiger charge is -2.38. The molecule has 2 aromatic rings. The van der Waals surface area contributed by atoms with Gasteiger partial charge in [0.05, 0.1) is 6.61 Å². The molecular weight excluding hydrogens is 348 g/mol. The van der Waals surface area contributed by atoms with Crippen LogP contribution in [0.2, 0.25) is 0 Å². The van der Waals surface area contributed by atoms with Crippen molar-refractivity contribution in [3.63, 3.8) is 0 Å². The minimum Gasteiger partial charge on any atom is -0.490 e. The predicted octanol–water partition coefficient (Wildman–Crippen LogP) is 2.80. The number of nitrogens with zero attached hydrogens (tertiary/aromatic N) is 1. The summed E-state index contributed by atoms with van der Waals surface area (Å²) in [7, 11) is 0. The van der Waals surface area contributed by atoms with E-state index in [2.05, 4.69) is 10.3 Å². The first kappa shape index (κ1) is 18.7. The van der Waals surface area contributed by atoms with Crippen LogP contribution in [0.1, 0.15) is 42.1 Å². The van der Waals surface area contributed by atoms with Gasteiger partial charge in [-0.3, -0.25) is 9.78 Å². The van der Waals surface area contributed by atoms with E-state index in [1.54, 1.807) is 30.6 Å². The van der Waals surface area contributed by atoms with E-state index in [4.69, 9.17) is 9.47 Å². The van der Waals surface area contributed by atoms with Crippen LogP contribution in [0.15, 0.2) is 42.7 Å². The summed E-state index contributed by atoms with van der Waals surface area (Å²) in [5, 5.41) is 12.0. The number of pyridine rings is 1. The second-order valence-electron chi connectivity index (χ2n) is 6.44. The van der Waals surface area contributed by atoms with Crippen molar-refractivity contribution in [3.8, 4) is 11.5 Å². The molecule has 0 saturated heterocycles. The van der Waals surface area contributed by atoms with Gasteiger partial charge in [-0.05, 0) is 50.5 Å². The maximum Gasteiger partial charge on any atom is 0.329 e. The van der Waals surface area contributed by atoms with Gasteiger partial charge >= 0.3 is 5.97 Å². The van der Waals surface area contributed by atoms with Gasteiger partial charge in [0.2, 0.25) is 0 Å². The quantitative estimate of drug-likeness (QED) is 0.741. The van der Waals surface area contributed by atoms with Gasteiger partial charge in [0, 0.05) is 23.5 Å². The van der Waals surface area contributed by atoms with Crippen LogP contribution >= 0.6 is 0 Å². The van der Waals surface area contributed by atoms with Crippen LogP contribution in [-0.4, -0.2) is 34.1 Å². The second-order valence-corrected chi connectivity index (χ2v) is 6.44. The number of hydrogen-bond donors (Lipinski definition) is 2. The van der Waals surface area contributed by atoms with E-state index in [1.807, 2.05) is 19.1 Å². The first-order chi connectivity index (χ1) is 13.0. The summed E-state index contributed by atoms with van der Waals surface area (Å²) in [4.78, 5) is 28.0. The van der Waals surface area contributed by atoms with Crippen molar-refractivity contribution in [2.24, 2.45) is 0 Å². The lowest BCUT2D eigenvalue weighted by molar-refractivity contribution is -0.148. The molecule has 0 bridgehead atoms. The summed E-state index contributed by atoms with van der Waals surface area (Å²) in [6, 6.07) is 8.56. The Bertz CT molecular complexity index is 818. The van der Waals surface area contributed by atoms with Crippen molar-refractivity contribution in [3.05, 3.63) is 53.9 Å². The molecule has 1 heterocycles. The van der Waals surface area contributed by atoms with Crippen molar-refractivity contribution in [2.45, 2.75) is 38.3 Å². The molecule has 1 aliphatic carbocycles. The van der Waals surface area contributed by atoms with Crippen molar-refractivity contribution in [2.75, 3.05) is 6.61 Å². The number of aliphatic carboxylic acids is 1. The van der Waals surface area contributed by atoms with Crippen LogP contribution in [-0.2, 0) is 11.4 Å². The third-order valence-electron chi connectivity index (χ3n) is 4.59. The fraction of sp³-hybridized carbons (Fsp3) is 0.350. The predicted molar refractivity (Wildman–Crippen MR) is 97.9 cm³/mol. The van der Waals surface area contributed by atoms with Gasteiger partial charge in [-0.25, -0.2) is 4.79 Å². The molecule has 7 heteroatoms. The largest absolute Gasteiger partial charge is 0.490 e. The summed E-state index contributed by atoms with van der Waals surface area (Å²) in [6.45, 7) is 2.57. The standard InChI is InChI=1S/C20H22N2O5/c1-2-26-17-11-15(18(23)22-20(19(24)25)8-4-9-20)6-7-16(17)27-13-14-5-3-10-21-12-14/h3,5-7,10-12H,2,4,8-9,13H2,1H3,(H,22,23)(H,24,25). The lowest BCUT2D eigenvalue weighted by Crippen LogP contribution is -2.59. The summed E-state index contributed by atoms with van der Waals surface area (Å²) >= 11 is 0. The highest BCUT2D eigenvalue weighted by Gasteiger charge is 2.45. The molecule has 1 aromatic carbocycles. The maximum atomic E-state index is 12.5. The third kappa shape index (κ3) is 4.19. The van der Waals surface area contributed by atoms with Gasteiger partial charge in [0.1, 0.15) is 12.1 Å². The summed E-state index contributed by atoms with van der Waals surface area (Å²) in [6.07, 6.45) is 5.08. The number of carboxylic acids is 1. The average Bonchev–Trinajstić information content (AvgIpc) is 2.64. The van der Waals surface area contributed by atoms with Crippen LogP contribution < -0.4 is 14.8 Å². The topological polar surface area (TPSA) is 97.8 Å². The fourth-order valence-corrected chi connectivity index (χ4v) is 2.89. The van der Waals surface area contributed by atoms with E-state index in [0.717, 1.165) is 12.0 Å². The lowest BCUT2D eigenvalue weighted by atomic mass is 9.76. The van der Waals surface area contributed by atoms with E-state index < -0.39 is 17.4 Å². The third-order valence-corrected chi connectivity index (χ3v) is 4.59. The monoisotopic (exact) mass is 370 g/mol. The zero-order valence-electron chi connectivity index (χ0n) is 15.1. The normalized spacial score (nSPS) is 14.7. The molecular formula is C20H22N2O5. The average molecular weight is 370 g/mol. The minimum absolute atomic E-state index is 0.321. The zero-order chi connectivity index (χ0) is 19.3. The summed E-state index contributed by atoms with van der Waals surface area (Å²) < 4.78 is 11.4. The molecule has 0 spiro atoms. The molecule has 0 aliphatic heterocycles. The van der Waals surface area contributed by atoms with Gasteiger partial charge in [0.15, 0.2) is 11.5 Å². The summed E-state index contributed by atoms with van der Waals surface area (Å²) in [5.74, 6) is -0.485. The number of ether oxygens (including phenoxy) is 2. The molecule has 27 heavy (non-hydrogen) atoms. The Morgan fingerprint density at radius 3 is 2.63 bits per heavy atom. The van der Waals surface area contributed by atoms with Crippen molar-refractivity contribution in [1.29, 1.82) is 0 Å². The highest BCUT2D eigenvalue weighted by molar-refractivity contribution is 5.98. The Hall–Kier alpha value is -3.09. The molecule has 2 N–H and O–H groups in total.